The number of urea groups is 1. The van der Waals surface area contributed by atoms with Crippen LogP contribution in [0, 0.1) is 12.7 Å². The molecule has 0 radical (unpaired) electrons. The van der Waals surface area contributed by atoms with Gasteiger partial charge in [-0.25, -0.2) is 23.6 Å². The summed E-state index contributed by atoms with van der Waals surface area (Å²) in [7, 11) is 1.64. The van der Waals surface area contributed by atoms with E-state index in [1.807, 2.05) is 27.7 Å². The number of carbonyl (C=O) groups is 1. The lowest BCUT2D eigenvalue weighted by atomic mass is 9.92. The van der Waals surface area contributed by atoms with Crippen molar-refractivity contribution in [2.24, 2.45) is 7.05 Å². The summed E-state index contributed by atoms with van der Waals surface area (Å²) in [4.78, 5) is 31.8. The zero-order chi connectivity index (χ0) is 27.9. The number of aromatic amines is 1. The Bertz CT molecular complexity index is 1740. The Kier molecular flexibility index (Phi) is 6.43. The average molecular weight is 530 g/mol. The van der Waals surface area contributed by atoms with Crippen LogP contribution in [-0.2, 0) is 12.5 Å². The van der Waals surface area contributed by atoms with Crippen LogP contribution in [0.1, 0.15) is 32.0 Å². The molecule has 2 amide bonds. The van der Waals surface area contributed by atoms with Crippen molar-refractivity contribution in [3.63, 3.8) is 0 Å². The smallest absolute Gasteiger partial charge is 0.327 e. The van der Waals surface area contributed by atoms with E-state index in [1.165, 1.54) is 16.7 Å². The fourth-order valence-corrected chi connectivity index (χ4v) is 4.08. The zero-order valence-corrected chi connectivity index (χ0v) is 22.2. The monoisotopic (exact) mass is 529 g/mol. The SMILES string of the molecule is Cc1cc(NC(=O)Nc2cc(C(C)(C)C)nn2-c2ccc(F)cc2)ccc1Oc1ccnc2[nH]c(=O)n(C)c12. The third kappa shape index (κ3) is 5.24. The number of fused-ring (bicyclic) bond motifs is 1. The fourth-order valence-electron chi connectivity index (χ4n) is 4.08. The number of hydrogen-bond acceptors (Lipinski definition) is 5. The van der Waals surface area contributed by atoms with E-state index in [2.05, 4.69) is 25.7 Å². The highest BCUT2D eigenvalue weighted by atomic mass is 19.1. The van der Waals surface area contributed by atoms with Gasteiger partial charge in [-0.1, -0.05) is 20.8 Å². The molecule has 11 heteroatoms. The highest BCUT2D eigenvalue weighted by Gasteiger charge is 2.22. The molecule has 39 heavy (non-hydrogen) atoms. The van der Waals surface area contributed by atoms with Crippen LogP contribution < -0.4 is 21.1 Å². The molecule has 3 N–H and O–H groups in total. The van der Waals surface area contributed by atoms with Gasteiger partial charge in [0, 0.05) is 36.5 Å². The van der Waals surface area contributed by atoms with Gasteiger partial charge in [0.2, 0.25) is 0 Å². The maximum absolute atomic E-state index is 13.5. The van der Waals surface area contributed by atoms with Gasteiger partial charge in [-0.2, -0.15) is 5.10 Å². The predicted molar refractivity (Wildman–Crippen MR) is 147 cm³/mol. The molecule has 0 unspecified atom stereocenters. The number of carbonyl (C=O) groups excluding carboxylic acids is 1. The summed E-state index contributed by atoms with van der Waals surface area (Å²) < 4.78 is 22.6. The molecule has 10 nitrogen and oxygen atoms in total. The lowest BCUT2D eigenvalue weighted by Crippen LogP contribution is -2.21. The number of nitrogens with zero attached hydrogens (tertiary/aromatic N) is 4. The first-order valence-electron chi connectivity index (χ1n) is 12.3. The molecule has 0 aliphatic carbocycles. The van der Waals surface area contributed by atoms with Crippen LogP contribution in [0.5, 0.6) is 11.5 Å². The van der Waals surface area contributed by atoms with E-state index in [-0.39, 0.29) is 16.9 Å². The van der Waals surface area contributed by atoms with Crippen molar-refractivity contribution in [1.82, 2.24) is 24.3 Å². The van der Waals surface area contributed by atoms with Crippen LogP contribution in [0.4, 0.5) is 20.7 Å². The van der Waals surface area contributed by atoms with Crippen LogP contribution in [-0.4, -0.2) is 30.3 Å². The summed E-state index contributed by atoms with van der Waals surface area (Å²) in [6.45, 7) is 7.92. The van der Waals surface area contributed by atoms with Crippen LogP contribution in [0.3, 0.4) is 0 Å². The minimum atomic E-state index is -0.468. The van der Waals surface area contributed by atoms with Gasteiger partial charge in [-0.15, -0.1) is 0 Å². The fraction of sp³-hybridized carbons (Fsp3) is 0.214. The first-order valence-corrected chi connectivity index (χ1v) is 12.3. The molecule has 0 aliphatic rings. The number of pyridine rings is 1. The van der Waals surface area contributed by atoms with E-state index >= 15 is 0 Å². The molecule has 0 bridgehead atoms. The van der Waals surface area contributed by atoms with Gasteiger partial charge >= 0.3 is 11.7 Å². The van der Waals surface area contributed by atoms with Crippen molar-refractivity contribution < 1.29 is 13.9 Å². The molecule has 2 aromatic carbocycles. The quantitative estimate of drug-likeness (QED) is 0.273. The minimum absolute atomic E-state index is 0.266. The number of halogens is 1. The lowest BCUT2D eigenvalue weighted by Gasteiger charge is -2.14. The Morgan fingerprint density at radius 3 is 2.46 bits per heavy atom. The molecule has 0 fully saturated rings. The number of anilines is 2. The molecular formula is C28H28FN7O3. The summed E-state index contributed by atoms with van der Waals surface area (Å²) in [6.07, 6.45) is 1.56. The van der Waals surface area contributed by atoms with E-state index < -0.39 is 6.03 Å². The zero-order valence-electron chi connectivity index (χ0n) is 22.2. The third-order valence-electron chi connectivity index (χ3n) is 6.20. The summed E-state index contributed by atoms with van der Waals surface area (Å²) in [6, 6.07) is 14.1. The van der Waals surface area contributed by atoms with Gasteiger partial charge in [-0.05, 0) is 55.0 Å². The van der Waals surface area contributed by atoms with Crippen molar-refractivity contribution >= 4 is 28.7 Å². The number of benzene rings is 2. The molecule has 5 rings (SSSR count). The van der Waals surface area contributed by atoms with Crippen molar-refractivity contribution in [3.8, 4) is 17.2 Å². The van der Waals surface area contributed by atoms with Gasteiger partial charge in [0.15, 0.2) is 11.4 Å². The van der Waals surface area contributed by atoms with E-state index in [0.717, 1.165) is 11.3 Å². The number of ether oxygens (including phenoxy) is 1. The van der Waals surface area contributed by atoms with Crippen LogP contribution >= 0.6 is 0 Å². The molecular weight excluding hydrogens is 501 g/mol. The lowest BCUT2D eigenvalue weighted by molar-refractivity contribution is 0.262. The molecule has 0 atom stereocenters. The minimum Gasteiger partial charge on any atom is -0.455 e. The van der Waals surface area contributed by atoms with Crippen molar-refractivity contribution in [2.45, 2.75) is 33.1 Å². The van der Waals surface area contributed by atoms with Gasteiger partial charge in [0.05, 0.1) is 11.4 Å². The van der Waals surface area contributed by atoms with Crippen LogP contribution in [0.15, 0.2) is 65.6 Å². The van der Waals surface area contributed by atoms with E-state index in [9.17, 15) is 14.0 Å². The van der Waals surface area contributed by atoms with E-state index in [4.69, 9.17) is 4.74 Å². The summed E-state index contributed by atoms with van der Waals surface area (Å²) in [5, 5.41) is 10.3. The molecule has 0 spiro atoms. The number of rotatable bonds is 5. The Labute approximate surface area is 223 Å². The predicted octanol–water partition coefficient (Wildman–Crippen LogP) is 5.63. The Balaban J connectivity index is 1.35. The summed E-state index contributed by atoms with van der Waals surface area (Å²) in [5.74, 6) is 1.12. The summed E-state index contributed by atoms with van der Waals surface area (Å²) >= 11 is 0. The molecule has 3 heterocycles. The topological polar surface area (TPSA) is 119 Å². The second kappa shape index (κ2) is 9.75. The van der Waals surface area contributed by atoms with Crippen LogP contribution in [0.2, 0.25) is 0 Å². The van der Waals surface area contributed by atoms with Gasteiger partial charge in [0.1, 0.15) is 22.9 Å². The second-order valence-electron chi connectivity index (χ2n) is 10.2. The normalized spacial score (nSPS) is 11.5. The molecule has 3 aromatic heterocycles. The van der Waals surface area contributed by atoms with Gasteiger partial charge in [0.25, 0.3) is 0 Å². The van der Waals surface area contributed by atoms with E-state index in [0.29, 0.717) is 39.9 Å². The standard InChI is InChI=1S/C28H28FN7O3/c1-16-14-18(8-11-20(16)39-21-12-13-30-25-24(21)35(5)27(38)33-25)31-26(37)32-23-15-22(28(2,3)4)34-36(23)19-9-6-17(29)7-10-19/h6-15H,1-5H3,(H,30,33,38)(H2,31,32,37). The van der Waals surface area contributed by atoms with Crippen molar-refractivity contribution in [2.75, 3.05) is 10.6 Å². The van der Waals surface area contributed by atoms with E-state index in [1.54, 1.807) is 60.4 Å². The molecule has 200 valence electrons. The van der Waals surface area contributed by atoms with Crippen LogP contribution in [0.25, 0.3) is 16.9 Å². The Morgan fingerprint density at radius 1 is 1.03 bits per heavy atom. The Morgan fingerprint density at radius 2 is 1.77 bits per heavy atom. The number of H-pyrrole nitrogens is 1. The highest BCUT2D eigenvalue weighted by Crippen LogP contribution is 2.31. The van der Waals surface area contributed by atoms with Gasteiger partial charge in [-0.3, -0.25) is 14.9 Å². The first-order chi connectivity index (χ1) is 18.5. The maximum Gasteiger partial charge on any atom is 0.327 e. The largest absolute Gasteiger partial charge is 0.455 e. The molecule has 5 aromatic rings. The third-order valence-corrected chi connectivity index (χ3v) is 6.20. The number of nitrogens with one attached hydrogen (secondary N) is 3. The number of aromatic nitrogens is 5. The second-order valence-corrected chi connectivity index (χ2v) is 10.2. The molecule has 0 saturated heterocycles. The van der Waals surface area contributed by atoms with Crippen molar-refractivity contribution in [3.05, 3.63) is 88.4 Å². The highest BCUT2D eigenvalue weighted by molar-refractivity contribution is 5.99. The number of amides is 2. The maximum atomic E-state index is 13.5. The summed E-state index contributed by atoms with van der Waals surface area (Å²) in [5.41, 5.74) is 3.14. The van der Waals surface area contributed by atoms with Crippen molar-refractivity contribution in [1.29, 1.82) is 0 Å². The average Bonchev–Trinajstić information content (AvgIpc) is 3.42. The molecule has 0 saturated carbocycles. The number of hydrogen-bond donors (Lipinski definition) is 3. The first kappa shape index (κ1) is 25.7. The number of aryl methyl sites for hydroxylation is 2. The Hall–Kier alpha value is -4.93. The molecule has 0 aliphatic heterocycles. The number of imidazole rings is 1. The van der Waals surface area contributed by atoms with Gasteiger partial charge < -0.3 is 10.1 Å².